The lowest BCUT2D eigenvalue weighted by Gasteiger charge is -2.21. The van der Waals surface area contributed by atoms with Gasteiger partial charge < -0.3 is 14.2 Å². The van der Waals surface area contributed by atoms with Gasteiger partial charge in [0.1, 0.15) is 34.6 Å². The molecule has 3 heterocycles. The lowest BCUT2D eigenvalue weighted by Crippen LogP contribution is -2.27. The fourth-order valence-electron chi connectivity index (χ4n) is 4.58. The summed E-state index contributed by atoms with van der Waals surface area (Å²) >= 11 is 5.90. The molecule has 12 heteroatoms. The Morgan fingerprint density at radius 3 is 2.30 bits per heavy atom. The second-order valence-corrected chi connectivity index (χ2v) is 12.6. The number of para-hydroxylation sites is 1. The van der Waals surface area contributed by atoms with Crippen LogP contribution in [0, 0.1) is 0 Å². The number of aromatic nitrogens is 5. The molecule has 37 heavy (non-hydrogen) atoms. The molecular weight excluding hydrogens is 518 g/mol. The summed E-state index contributed by atoms with van der Waals surface area (Å²) in [6, 6.07) is 5.38. The van der Waals surface area contributed by atoms with Gasteiger partial charge in [-0.05, 0) is 39.3 Å². The molecule has 200 valence electrons. The molecule has 3 aromatic rings. The maximum atomic E-state index is 13.7. The standard InChI is InChI=1S/C25H32ClN5O5S/c1-15(23-27-11-18(26)12-28-23)16(2)37(32,33)14-21-29-30-24(17-10-25(3,4)36-13-17)31(21)22-19(34-5)8-7-9-20(22)35-6/h7-9,11-12,15-17H,10,13-14H2,1-6H3/t15-,16-,17+/m0/s1. The van der Waals surface area contributed by atoms with E-state index in [1.54, 1.807) is 50.8 Å². The lowest BCUT2D eigenvalue weighted by atomic mass is 9.97. The zero-order chi connectivity index (χ0) is 27.0. The molecule has 0 aliphatic carbocycles. The van der Waals surface area contributed by atoms with Crippen molar-refractivity contribution in [3.63, 3.8) is 0 Å². The van der Waals surface area contributed by atoms with Crippen molar-refractivity contribution in [3.05, 3.63) is 53.1 Å². The van der Waals surface area contributed by atoms with E-state index in [4.69, 9.17) is 25.8 Å². The van der Waals surface area contributed by atoms with Gasteiger partial charge in [-0.1, -0.05) is 24.6 Å². The van der Waals surface area contributed by atoms with Crippen LogP contribution in [0.3, 0.4) is 0 Å². The van der Waals surface area contributed by atoms with Crippen molar-refractivity contribution in [1.82, 2.24) is 24.7 Å². The van der Waals surface area contributed by atoms with E-state index in [0.717, 1.165) is 0 Å². The Kier molecular flexibility index (Phi) is 7.77. The molecule has 3 atom stereocenters. The van der Waals surface area contributed by atoms with Crippen molar-refractivity contribution in [2.45, 2.75) is 62.6 Å². The maximum absolute atomic E-state index is 13.7. The highest BCUT2D eigenvalue weighted by Crippen LogP contribution is 2.40. The number of methoxy groups -OCH3 is 2. The Labute approximate surface area is 222 Å². The van der Waals surface area contributed by atoms with Gasteiger partial charge in [0.2, 0.25) is 0 Å². The van der Waals surface area contributed by atoms with Gasteiger partial charge in [0, 0.05) is 24.2 Å². The first kappa shape index (κ1) is 27.3. The van der Waals surface area contributed by atoms with Crippen molar-refractivity contribution < 1.29 is 22.6 Å². The van der Waals surface area contributed by atoms with Crippen molar-refractivity contribution in [2.75, 3.05) is 20.8 Å². The predicted molar refractivity (Wildman–Crippen MR) is 139 cm³/mol. The number of benzene rings is 1. The van der Waals surface area contributed by atoms with E-state index >= 15 is 0 Å². The van der Waals surface area contributed by atoms with E-state index in [2.05, 4.69) is 20.2 Å². The van der Waals surface area contributed by atoms with Gasteiger partial charge in [-0.2, -0.15) is 0 Å². The first-order valence-electron chi connectivity index (χ1n) is 12.0. The number of nitrogens with zero attached hydrogens (tertiary/aromatic N) is 5. The Balaban J connectivity index is 1.78. The number of ether oxygens (including phenoxy) is 3. The Morgan fingerprint density at radius 1 is 1.14 bits per heavy atom. The van der Waals surface area contributed by atoms with Gasteiger partial charge in [-0.15, -0.1) is 10.2 Å². The maximum Gasteiger partial charge on any atom is 0.160 e. The van der Waals surface area contributed by atoms with Crippen LogP contribution in [0.15, 0.2) is 30.6 Å². The molecule has 1 saturated heterocycles. The van der Waals surface area contributed by atoms with E-state index in [9.17, 15) is 8.42 Å². The van der Waals surface area contributed by atoms with Crippen molar-refractivity contribution in [3.8, 4) is 17.2 Å². The lowest BCUT2D eigenvalue weighted by molar-refractivity contribution is 0.0360. The largest absolute Gasteiger partial charge is 0.494 e. The SMILES string of the molecule is COc1cccc(OC)c1-n1c(CS(=O)(=O)[C@@H](C)[C@H](C)c2ncc(Cl)cn2)nnc1[C@H]1COC(C)(C)C1. The quantitative estimate of drug-likeness (QED) is 0.388. The number of halogens is 1. The minimum atomic E-state index is -3.72. The second-order valence-electron chi connectivity index (χ2n) is 9.85. The van der Waals surface area contributed by atoms with Crippen molar-refractivity contribution in [1.29, 1.82) is 0 Å². The molecule has 4 rings (SSSR count). The summed E-state index contributed by atoms with van der Waals surface area (Å²) in [6.45, 7) is 7.91. The van der Waals surface area contributed by atoms with Crippen LogP contribution in [0.5, 0.6) is 11.5 Å². The van der Waals surface area contributed by atoms with Gasteiger partial charge in [0.25, 0.3) is 0 Å². The number of sulfone groups is 1. The first-order chi connectivity index (χ1) is 17.5. The molecule has 0 unspecified atom stereocenters. The second kappa shape index (κ2) is 10.5. The fraction of sp³-hybridized carbons (Fsp3) is 0.520. The van der Waals surface area contributed by atoms with Crippen LogP contribution in [0.25, 0.3) is 5.69 Å². The number of hydrogen-bond donors (Lipinski definition) is 0. The monoisotopic (exact) mass is 549 g/mol. The highest BCUT2D eigenvalue weighted by molar-refractivity contribution is 7.91. The summed E-state index contributed by atoms with van der Waals surface area (Å²) in [4.78, 5) is 8.43. The van der Waals surface area contributed by atoms with Gasteiger partial charge in [-0.25, -0.2) is 18.4 Å². The van der Waals surface area contributed by atoms with E-state index in [1.165, 1.54) is 12.4 Å². The summed E-state index contributed by atoms with van der Waals surface area (Å²) in [7, 11) is -0.619. The molecule has 0 radical (unpaired) electrons. The molecule has 1 fully saturated rings. The Bertz CT molecular complexity index is 1340. The zero-order valence-electron chi connectivity index (χ0n) is 21.8. The summed E-state index contributed by atoms with van der Waals surface area (Å²) in [5.41, 5.74) is 0.213. The summed E-state index contributed by atoms with van der Waals surface area (Å²) in [5, 5.41) is 8.42. The highest BCUT2D eigenvalue weighted by Gasteiger charge is 2.38. The average molecular weight is 550 g/mol. The van der Waals surface area contributed by atoms with Gasteiger partial charge in [-0.3, -0.25) is 4.57 Å². The highest BCUT2D eigenvalue weighted by atomic mass is 35.5. The van der Waals surface area contributed by atoms with Crippen LogP contribution in [-0.2, 0) is 20.3 Å². The summed E-state index contributed by atoms with van der Waals surface area (Å²) < 4.78 is 46.3. The van der Waals surface area contributed by atoms with Crippen molar-refractivity contribution in [2.24, 2.45) is 0 Å². The van der Waals surface area contributed by atoms with Crippen LogP contribution >= 0.6 is 11.6 Å². The molecule has 1 aliphatic heterocycles. The van der Waals surface area contributed by atoms with Crippen LogP contribution in [0.2, 0.25) is 5.02 Å². The van der Waals surface area contributed by atoms with Crippen LogP contribution < -0.4 is 9.47 Å². The molecular formula is C25H32ClN5O5S. The predicted octanol–water partition coefficient (Wildman–Crippen LogP) is 4.12. The van der Waals surface area contributed by atoms with Crippen LogP contribution in [0.1, 0.15) is 63.4 Å². The minimum absolute atomic E-state index is 0.0904. The molecule has 0 N–H and O–H groups in total. The van der Waals surface area contributed by atoms with Gasteiger partial charge >= 0.3 is 0 Å². The van der Waals surface area contributed by atoms with E-state index in [0.29, 0.717) is 46.9 Å². The Morgan fingerprint density at radius 2 is 1.76 bits per heavy atom. The van der Waals surface area contributed by atoms with Crippen LogP contribution in [0.4, 0.5) is 0 Å². The molecule has 1 aliphatic rings. The number of hydrogen-bond acceptors (Lipinski definition) is 9. The molecule has 0 amide bonds. The third-order valence-electron chi connectivity index (χ3n) is 6.81. The van der Waals surface area contributed by atoms with Crippen molar-refractivity contribution >= 4 is 21.4 Å². The third-order valence-corrected chi connectivity index (χ3v) is 9.20. The third kappa shape index (κ3) is 5.58. The molecule has 0 bridgehead atoms. The first-order valence-corrected chi connectivity index (χ1v) is 14.0. The average Bonchev–Trinajstić information content (AvgIpc) is 3.44. The van der Waals surface area contributed by atoms with E-state index in [-0.39, 0.29) is 23.1 Å². The molecule has 0 saturated carbocycles. The molecule has 10 nitrogen and oxygen atoms in total. The number of rotatable bonds is 9. The van der Waals surface area contributed by atoms with E-state index < -0.39 is 21.0 Å². The van der Waals surface area contributed by atoms with Crippen LogP contribution in [-0.4, -0.2) is 64.8 Å². The smallest absolute Gasteiger partial charge is 0.160 e. The normalized spacial score (nSPS) is 18.9. The molecule has 0 spiro atoms. The van der Waals surface area contributed by atoms with E-state index in [1.807, 2.05) is 13.8 Å². The molecule has 1 aromatic carbocycles. The van der Waals surface area contributed by atoms with Gasteiger partial charge in [0.05, 0.1) is 36.7 Å². The Hall–Kier alpha value is -2.76. The minimum Gasteiger partial charge on any atom is -0.494 e. The topological polar surface area (TPSA) is 118 Å². The van der Waals surface area contributed by atoms with Gasteiger partial charge in [0.15, 0.2) is 15.7 Å². The summed E-state index contributed by atoms with van der Waals surface area (Å²) in [6.07, 6.45) is 3.63. The molecule has 2 aromatic heterocycles. The summed E-state index contributed by atoms with van der Waals surface area (Å²) in [5.74, 6) is 1.37. The zero-order valence-corrected chi connectivity index (χ0v) is 23.4. The fourth-order valence-corrected chi connectivity index (χ4v) is 6.23.